The molecule has 11 heteroatoms. The first-order valence-corrected chi connectivity index (χ1v) is 13.7. The van der Waals surface area contributed by atoms with E-state index in [0.717, 1.165) is 11.8 Å². The summed E-state index contributed by atoms with van der Waals surface area (Å²) in [6.07, 6.45) is 1.78. The van der Waals surface area contributed by atoms with Crippen LogP contribution in [0.4, 0.5) is 5.69 Å². The van der Waals surface area contributed by atoms with Gasteiger partial charge in [-0.2, -0.15) is 0 Å². The third-order valence-electron chi connectivity index (χ3n) is 5.51. The summed E-state index contributed by atoms with van der Waals surface area (Å²) >= 11 is 12.5. The molecule has 2 rings (SSSR count). The molecule has 0 aromatic heterocycles. The minimum absolute atomic E-state index is 0.0356. The number of likely N-dealkylation sites (N-methyl/N-ethyl adjacent to an activating group) is 1. The van der Waals surface area contributed by atoms with Crippen LogP contribution in [0.25, 0.3) is 0 Å². The lowest BCUT2D eigenvalue weighted by Gasteiger charge is -2.31. The van der Waals surface area contributed by atoms with Crippen molar-refractivity contribution in [3.05, 3.63) is 58.1 Å². The van der Waals surface area contributed by atoms with Crippen molar-refractivity contribution in [3.8, 4) is 5.75 Å². The highest BCUT2D eigenvalue weighted by molar-refractivity contribution is 7.92. The molecule has 192 valence electrons. The van der Waals surface area contributed by atoms with Gasteiger partial charge in [0.05, 0.1) is 24.1 Å². The third kappa shape index (κ3) is 7.75. The summed E-state index contributed by atoms with van der Waals surface area (Å²) < 4.78 is 31.2. The van der Waals surface area contributed by atoms with Gasteiger partial charge in [0.25, 0.3) is 0 Å². The van der Waals surface area contributed by atoms with Crippen molar-refractivity contribution in [2.75, 3.05) is 31.3 Å². The highest BCUT2D eigenvalue weighted by atomic mass is 35.5. The molecule has 0 aliphatic carbocycles. The van der Waals surface area contributed by atoms with Crippen molar-refractivity contribution in [1.82, 2.24) is 10.2 Å². The van der Waals surface area contributed by atoms with Crippen LogP contribution in [0.15, 0.2) is 42.5 Å². The average molecular weight is 545 g/mol. The summed E-state index contributed by atoms with van der Waals surface area (Å²) in [6.45, 7) is 2.05. The van der Waals surface area contributed by atoms with Gasteiger partial charge in [-0.15, -0.1) is 0 Å². The van der Waals surface area contributed by atoms with E-state index in [-0.39, 0.29) is 42.8 Å². The number of hydrogen-bond acceptors (Lipinski definition) is 5. The van der Waals surface area contributed by atoms with Crippen molar-refractivity contribution in [3.63, 3.8) is 0 Å². The Morgan fingerprint density at radius 3 is 2.34 bits per heavy atom. The topological polar surface area (TPSA) is 96.0 Å². The van der Waals surface area contributed by atoms with E-state index in [4.69, 9.17) is 27.9 Å². The fourth-order valence-electron chi connectivity index (χ4n) is 3.71. The van der Waals surface area contributed by atoms with Gasteiger partial charge >= 0.3 is 0 Å². The van der Waals surface area contributed by atoms with Crippen molar-refractivity contribution in [1.29, 1.82) is 0 Å². The van der Waals surface area contributed by atoms with Gasteiger partial charge in [0, 0.05) is 31.6 Å². The molecule has 1 unspecified atom stereocenters. The molecule has 2 amide bonds. The molecule has 0 radical (unpaired) electrons. The second kappa shape index (κ2) is 13.0. The number of nitrogens with zero attached hydrogens (tertiary/aromatic N) is 2. The maximum atomic E-state index is 13.3. The van der Waals surface area contributed by atoms with Crippen molar-refractivity contribution in [2.24, 2.45) is 0 Å². The molecular weight excluding hydrogens is 513 g/mol. The van der Waals surface area contributed by atoms with Crippen LogP contribution in [0.3, 0.4) is 0 Å². The van der Waals surface area contributed by atoms with E-state index in [9.17, 15) is 18.0 Å². The van der Waals surface area contributed by atoms with Gasteiger partial charge in [-0.1, -0.05) is 48.3 Å². The van der Waals surface area contributed by atoms with Crippen LogP contribution in [-0.2, 0) is 26.2 Å². The fraction of sp³-hybridized carbons (Fsp3) is 0.417. The maximum Gasteiger partial charge on any atom is 0.242 e. The van der Waals surface area contributed by atoms with Crippen molar-refractivity contribution < 1.29 is 22.7 Å². The highest BCUT2D eigenvalue weighted by Gasteiger charge is 2.28. The number of ether oxygens (including phenoxy) is 1. The van der Waals surface area contributed by atoms with Crippen LogP contribution in [0.5, 0.6) is 5.75 Å². The number of hydrogen-bond donors (Lipinski definition) is 1. The standard InChI is InChI=1S/C24H31Cl2N3O5S/c1-5-21(24(31)27-2)28(16-17-9-6-7-10-19(17)25)23(30)11-8-14-29(35(4,32)33)18-12-13-22(34-3)20(26)15-18/h6-7,9-10,12-13,15,21H,5,8,11,14,16H2,1-4H3,(H,27,31). The molecule has 0 bridgehead atoms. The summed E-state index contributed by atoms with van der Waals surface area (Å²) in [6, 6.07) is 11.1. The summed E-state index contributed by atoms with van der Waals surface area (Å²) in [5, 5.41) is 3.38. The van der Waals surface area contributed by atoms with Gasteiger partial charge in [-0.3, -0.25) is 13.9 Å². The number of carbonyl (C=O) groups excluding carboxylic acids is 2. The van der Waals surface area contributed by atoms with Gasteiger partial charge in [0.1, 0.15) is 11.8 Å². The molecule has 0 spiro atoms. The van der Waals surface area contributed by atoms with Gasteiger partial charge in [-0.05, 0) is 42.7 Å². The summed E-state index contributed by atoms with van der Waals surface area (Å²) in [5.74, 6) is -0.130. The molecule has 0 saturated carbocycles. The summed E-state index contributed by atoms with van der Waals surface area (Å²) in [7, 11) is -0.647. The number of anilines is 1. The molecule has 0 aliphatic rings. The quantitative estimate of drug-likeness (QED) is 0.434. The Morgan fingerprint density at radius 2 is 1.80 bits per heavy atom. The largest absolute Gasteiger partial charge is 0.495 e. The van der Waals surface area contributed by atoms with Crippen LogP contribution in [0, 0.1) is 0 Å². The lowest BCUT2D eigenvalue weighted by Crippen LogP contribution is -2.48. The lowest BCUT2D eigenvalue weighted by atomic mass is 10.1. The van der Waals surface area contributed by atoms with Gasteiger partial charge in [0.2, 0.25) is 21.8 Å². The van der Waals surface area contributed by atoms with Crippen LogP contribution in [0.2, 0.25) is 10.0 Å². The normalized spacial score (nSPS) is 12.1. The van der Waals surface area contributed by atoms with Crippen LogP contribution < -0.4 is 14.4 Å². The predicted molar refractivity (Wildman–Crippen MR) is 140 cm³/mol. The Hall–Kier alpha value is -2.49. The van der Waals surface area contributed by atoms with E-state index >= 15 is 0 Å². The number of nitrogens with one attached hydrogen (secondary N) is 1. The highest BCUT2D eigenvalue weighted by Crippen LogP contribution is 2.30. The van der Waals surface area contributed by atoms with Crippen LogP contribution in [0.1, 0.15) is 31.7 Å². The lowest BCUT2D eigenvalue weighted by molar-refractivity contribution is -0.141. The Labute approximate surface area is 217 Å². The number of methoxy groups -OCH3 is 1. The Kier molecular flexibility index (Phi) is 10.7. The first-order valence-electron chi connectivity index (χ1n) is 11.1. The Bertz CT molecular complexity index is 1140. The molecule has 0 fully saturated rings. The summed E-state index contributed by atoms with van der Waals surface area (Å²) in [5.41, 5.74) is 1.09. The molecule has 0 heterocycles. The zero-order valence-corrected chi connectivity index (χ0v) is 22.6. The maximum absolute atomic E-state index is 13.3. The molecular formula is C24H31Cl2N3O5S. The molecule has 2 aromatic carbocycles. The first kappa shape index (κ1) is 28.7. The van der Waals surface area contributed by atoms with Crippen molar-refractivity contribution in [2.45, 2.75) is 38.8 Å². The molecule has 35 heavy (non-hydrogen) atoms. The average Bonchev–Trinajstić information content (AvgIpc) is 2.81. The molecule has 1 N–H and O–H groups in total. The Morgan fingerprint density at radius 1 is 1.11 bits per heavy atom. The number of sulfonamides is 1. The zero-order chi connectivity index (χ0) is 26.2. The molecule has 0 saturated heterocycles. The van der Waals surface area contributed by atoms with E-state index in [2.05, 4.69) is 5.32 Å². The van der Waals surface area contributed by atoms with Crippen molar-refractivity contribution >= 4 is 50.7 Å². The second-order valence-electron chi connectivity index (χ2n) is 7.91. The van der Waals surface area contributed by atoms with Gasteiger partial charge < -0.3 is 15.0 Å². The number of amides is 2. The third-order valence-corrected chi connectivity index (χ3v) is 7.36. The molecule has 0 aliphatic heterocycles. The number of carbonyl (C=O) groups is 2. The van der Waals surface area contributed by atoms with Gasteiger partial charge in [-0.25, -0.2) is 8.42 Å². The SMILES string of the molecule is CCC(C(=O)NC)N(Cc1ccccc1Cl)C(=O)CCCN(c1ccc(OC)c(Cl)c1)S(C)(=O)=O. The fourth-order valence-corrected chi connectivity index (χ4v) is 5.12. The number of benzene rings is 2. The molecule has 1 atom stereocenters. The van der Waals surface area contributed by atoms with E-state index in [0.29, 0.717) is 22.9 Å². The van der Waals surface area contributed by atoms with E-state index in [1.54, 1.807) is 30.3 Å². The van der Waals surface area contributed by atoms with Crippen LogP contribution >= 0.6 is 23.2 Å². The minimum atomic E-state index is -3.64. The number of rotatable bonds is 12. The smallest absolute Gasteiger partial charge is 0.242 e. The Balaban J connectivity index is 2.22. The van der Waals surface area contributed by atoms with Crippen LogP contribution in [-0.4, -0.2) is 58.1 Å². The summed E-state index contributed by atoms with van der Waals surface area (Å²) in [4.78, 5) is 27.3. The predicted octanol–water partition coefficient (Wildman–Crippen LogP) is 4.10. The van der Waals surface area contributed by atoms with E-state index in [1.165, 1.54) is 29.4 Å². The number of halogens is 2. The monoisotopic (exact) mass is 543 g/mol. The zero-order valence-electron chi connectivity index (χ0n) is 20.3. The molecule has 2 aromatic rings. The van der Waals surface area contributed by atoms with Gasteiger partial charge in [0.15, 0.2) is 0 Å². The molecule has 8 nitrogen and oxygen atoms in total. The first-order chi connectivity index (χ1) is 16.5. The van der Waals surface area contributed by atoms with E-state index < -0.39 is 16.1 Å². The van der Waals surface area contributed by atoms with E-state index in [1.807, 2.05) is 13.0 Å². The minimum Gasteiger partial charge on any atom is -0.495 e. The second-order valence-corrected chi connectivity index (χ2v) is 10.6.